The van der Waals surface area contributed by atoms with Crippen LogP contribution in [0.3, 0.4) is 0 Å². The number of carbonyl (C=O) groups is 1. The molecule has 0 bridgehead atoms. The smallest absolute Gasteiger partial charge is 0.263 e. The van der Waals surface area contributed by atoms with Crippen molar-refractivity contribution < 1.29 is 13.6 Å². The van der Waals surface area contributed by atoms with Crippen LogP contribution in [0.4, 0.5) is 14.5 Å². The molecule has 5 nitrogen and oxygen atoms in total. The summed E-state index contributed by atoms with van der Waals surface area (Å²) < 4.78 is 27.6. The normalized spacial score (nSPS) is 17.3. The Bertz CT molecular complexity index is 1050. The minimum absolute atomic E-state index is 0.0128. The van der Waals surface area contributed by atoms with E-state index in [4.69, 9.17) is 10.7 Å². The number of nitrogens with one attached hydrogen (secondary N) is 1. The summed E-state index contributed by atoms with van der Waals surface area (Å²) in [4.78, 5) is 20.0. The number of rotatable bonds is 4. The summed E-state index contributed by atoms with van der Waals surface area (Å²) in [6.45, 7) is 1.11. The van der Waals surface area contributed by atoms with Crippen molar-refractivity contribution in [2.24, 2.45) is 0 Å². The molecule has 0 spiro atoms. The molecule has 0 saturated carbocycles. The lowest BCUT2D eigenvalue weighted by molar-refractivity contribution is 0.0968. The number of fused-ring (bicyclic) bond motifs is 1. The Labute approximate surface area is 165 Å². The summed E-state index contributed by atoms with van der Waals surface area (Å²) in [5.74, 6) is -1.08. The van der Waals surface area contributed by atoms with Gasteiger partial charge in [-0.15, -0.1) is 11.3 Å². The van der Waals surface area contributed by atoms with Crippen LogP contribution in [0.15, 0.2) is 30.3 Å². The fourth-order valence-electron chi connectivity index (χ4n) is 3.71. The molecule has 1 amide bonds. The molecule has 1 saturated heterocycles. The first-order valence-electron chi connectivity index (χ1n) is 9.07. The number of nitrogen functional groups attached to an aromatic ring is 1. The zero-order valence-electron chi connectivity index (χ0n) is 15.3. The Kier molecular flexibility index (Phi) is 4.99. The van der Waals surface area contributed by atoms with E-state index in [1.54, 1.807) is 7.05 Å². The second-order valence-electron chi connectivity index (χ2n) is 6.88. The highest BCUT2D eigenvalue weighted by Gasteiger charge is 2.28. The number of anilines is 1. The minimum atomic E-state index is -0.442. The first-order valence-corrected chi connectivity index (χ1v) is 9.88. The van der Waals surface area contributed by atoms with Crippen molar-refractivity contribution in [3.8, 4) is 0 Å². The molecule has 3 heterocycles. The second kappa shape index (κ2) is 7.44. The number of hydrogen-bond donors (Lipinski definition) is 2. The van der Waals surface area contributed by atoms with Crippen LogP contribution in [0, 0.1) is 11.6 Å². The van der Waals surface area contributed by atoms with E-state index in [-0.39, 0.29) is 11.9 Å². The van der Waals surface area contributed by atoms with E-state index in [1.165, 1.54) is 17.4 Å². The van der Waals surface area contributed by atoms with Crippen molar-refractivity contribution in [1.29, 1.82) is 0 Å². The maximum absolute atomic E-state index is 14.1. The number of carbonyl (C=O) groups excluding carboxylic acids is 1. The number of nitrogens with two attached hydrogens (primary N) is 1. The van der Waals surface area contributed by atoms with Crippen LogP contribution in [-0.2, 0) is 6.54 Å². The lowest BCUT2D eigenvalue weighted by Crippen LogP contribution is -2.24. The Hall–Kier alpha value is -2.58. The molecule has 1 atom stereocenters. The van der Waals surface area contributed by atoms with Crippen molar-refractivity contribution in [2.75, 3.05) is 19.3 Å². The highest BCUT2D eigenvalue weighted by atomic mass is 32.1. The number of amides is 1. The first kappa shape index (κ1) is 18.8. The van der Waals surface area contributed by atoms with E-state index in [2.05, 4.69) is 10.2 Å². The largest absolute Gasteiger partial charge is 0.397 e. The van der Waals surface area contributed by atoms with Crippen molar-refractivity contribution in [1.82, 2.24) is 15.2 Å². The van der Waals surface area contributed by atoms with Gasteiger partial charge in [-0.1, -0.05) is 0 Å². The van der Waals surface area contributed by atoms with Gasteiger partial charge < -0.3 is 11.1 Å². The van der Waals surface area contributed by atoms with E-state index in [1.807, 2.05) is 12.1 Å². The quantitative estimate of drug-likeness (QED) is 0.695. The number of benzene rings is 1. The first-order chi connectivity index (χ1) is 13.5. The maximum atomic E-state index is 14.1. The van der Waals surface area contributed by atoms with Gasteiger partial charge in [0.15, 0.2) is 0 Å². The molecule has 146 valence electrons. The molecule has 0 aliphatic carbocycles. The predicted octanol–water partition coefficient (Wildman–Crippen LogP) is 3.85. The number of halogens is 2. The monoisotopic (exact) mass is 402 g/mol. The van der Waals surface area contributed by atoms with Gasteiger partial charge in [-0.3, -0.25) is 9.69 Å². The van der Waals surface area contributed by atoms with Crippen LogP contribution in [0.5, 0.6) is 0 Å². The van der Waals surface area contributed by atoms with Crippen LogP contribution in [0.1, 0.15) is 39.8 Å². The Morgan fingerprint density at radius 1 is 1.36 bits per heavy atom. The van der Waals surface area contributed by atoms with E-state index < -0.39 is 11.6 Å². The summed E-state index contributed by atoms with van der Waals surface area (Å²) in [5, 5.41) is 3.34. The Morgan fingerprint density at radius 2 is 2.18 bits per heavy atom. The lowest BCUT2D eigenvalue weighted by atomic mass is 10.1. The highest BCUT2D eigenvalue weighted by Crippen LogP contribution is 2.37. The Morgan fingerprint density at radius 3 is 2.96 bits per heavy atom. The van der Waals surface area contributed by atoms with Gasteiger partial charge in [-0.2, -0.15) is 0 Å². The molecule has 1 unspecified atom stereocenters. The van der Waals surface area contributed by atoms with Gasteiger partial charge in [0.25, 0.3) is 5.91 Å². The predicted molar refractivity (Wildman–Crippen MR) is 106 cm³/mol. The van der Waals surface area contributed by atoms with Gasteiger partial charge in [0.2, 0.25) is 0 Å². The van der Waals surface area contributed by atoms with Gasteiger partial charge in [0.1, 0.15) is 21.3 Å². The summed E-state index contributed by atoms with van der Waals surface area (Å²) >= 11 is 1.26. The zero-order valence-corrected chi connectivity index (χ0v) is 16.2. The summed E-state index contributed by atoms with van der Waals surface area (Å²) in [5.41, 5.74) is 7.73. The number of nitrogens with zero attached hydrogens (tertiary/aromatic N) is 2. The van der Waals surface area contributed by atoms with Crippen LogP contribution in [-0.4, -0.2) is 29.4 Å². The third kappa shape index (κ3) is 3.33. The molecule has 4 rings (SSSR count). The molecule has 3 N–H and O–H groups in total. The fourth-order valence-corrected chi connectivity index (χ4v) is 4.76. The molecule has 2 aromatic heterocycles. The molecule has 1 aliphatic rings. The molecule has 8 heteroatoms. The van der Waals surface area contributed by atoms with Crippen molar-refractivity contribution >= 4 is 33.1 Å². The summed E-state index contributed by atoms with van der Waals surface area (Å²) in [7, 11) is 1.56. The van der Waals surface area contributed by atoms with E-state index in [0.29, 0.717) is 27.5 Å². The molecular weight excluding hydrogens is 382 g/mol. The number of likely N-dealkylation sites (tertiary alicyclic amines) is 1. The van der Waals surface area contributed by atoms with Gasteiger partial charge in [0, 0.05) is 24.5 Å². The highest BCUT2D eigenvalue weighted by molar-refractivity contribution is 7.21. The topological polar surface area (TPSA) is 71.2 Å². The van der Waals surface area contributed by atoms with Crippen LogP contribution in [0.25, 0.3) is 10.2 Å². The number of aromatic nitrogens is 1. The minimum Gasteiger partial charge on any atom is -0.397 e. The third-order valence-corrected chi connectivity index (χ3v) is 6.25. The lowest BCUT2D eigenvalue weighted by Gasteiger charge is -2.24. The van der Waals surface area contributed by atoms with Gasteiger partial charge in [-0.25, -0.2) is 13.8 Å². The van der Waals surface area contributed by atoms with Crippen LogP contribution in [0.2, 0.25) is 0 Å². The zero-order chi connectivity index (χ0) is 19.8. The second-order valence-corrected chi connectivity index (χ2v) is 7.88. The third-order valence-electron chi connectivity index (χ3n) is 5.13. The van der Waals surface area contributed by atoms with E-state index >= 15 is 0 Å². The molecule has 28 heavy (non-hydrogen) atoms. The van der Waals surface area contributed by atoms with E-state index in [0.717, 1.165) is 42.6 Å². The van der Waals surface area contributed by atoms with Crippen molar-refractivity contribution in [3.63, 3.8) is 0 Å². The fraction of sp³-hybridized carbons (Fsp3) is 0.300. The standard InChI is InChI=1S/C20H20F2N4OS/c1-24-19(27)18-17(23)13-5-7-15(25-20(13)28-18)16-3-2-8-26(16)10-11-9-12(21)4-6-14(11)22/h4-7,9,16H,2-3,8,10,23H2,1H3,(H,24,27). The van der Waals surface area contributed by atoms with Crippen molar-refractivity contribution in [2.45, 2.75) is 25.4 Å². The summed E-state index contributed by atoms with van der Waals surface area (Å²) in [6, 6.07) is 7.34. The molecule has 3 aromatic rings. The molecule has 1 aliphatic heterocycles. The van der Waals surface area contributed by atoms with Gasteiger partial charge in [-0.05, 0) is 49.7 Å². The van der Waals surface area contributed by atoms with Crippen LogP contribution >= 0.6 is 11.3 Å². The Balaban J connectivity index is 1.64. The maximum Gasteiger partial charge on any atom is 0.263 e. The van der Waals surface area contributed by atoms with E-state index in [9.17, 15) is 13.6 Å². The molecule has 1 aromatic carbocycles. The van der Waals surface area contributed by atoms with Gasteiger partial charge >= 0.3 is 0 Å². The SMILES string of the molecule is CNC(=O)c1sc2nc(C3CCCN3Cc3cc(F)ccc3F)ccc2c1N. The van der Waals surface area contributed by atoms with Crippen LogP contribution < -0.4 is 11.1 Å². The average Bonchev–Trinajstić information content (AvgIpc) is 3.28. The number of hydrogen-bond acceptors (Lipinski definition) is 5. The van der Waals surface area contributed by atoms with Gasteiger partial charge in [0.05, 0.1) is 17.4 Å². The molecule has 1 fully saturated rings. The number of pyridine rings is 1. The average molecular weight is 402 g/mol. The molecule has 0 radical (unpaired) electrons. The summed E-state index contributed by atoms with van der Waals surface area (Å²) in [6.07, 6.45) is 1.84. The number of thiophene rings is 1. The van der Waals surface area contributed by atoms with Crippen molar-refractivity contribution in [3.05, 3.63) is 58.1 Å². The molecular formula is C20H20F2N4OS.